The van der Waals surface area contributed by atoms with Crippen molar-refractivity contribution in [3.63, 3.8) is 0 Å². The van der Waals surface area contributed by atoms with Crippen LogP contribution in [0.4, 0.5) is 5.69 Å². The summed E-state index contributed by atoms with van der Waals surface area (Å²) >= 11 is 0. The zero-order valence-corrected chi connectivity index (χ0v) is 13.0. The van der Waals surface area contributed by atoms with Gasteiger partial charge < -0.3 is 5.32 Å². The first-order valence-corrected chi connectivity index (χ1v) is 8.25. The number of pyridine rings is 1. The van der Waals surface area contributed by atoms with Crippen LogP contribution < -0.4 is 10.5 Å². The molecule has 3 rings (SSSR count). The number of sulfonamides is 1. The zero-order chi connectivity index (χ0) is 17.2. The lowest BCUT2D eigenvalue weighted by Gasteiger charge is -2.07. The number of carbonyl (C=O) groups excluding carboxylic acids is 1. The number of nitrogens with one attached hydrogen (secondary N) is 1. The average molecular weight is 344 g/mol. The Balaban J connectivity index is 1.73. The number of carbonyl (C=O) groups is 1. The van der Waals surface area contributed by atoms with Gasteiger partial charge in [0.15, 0.2) is 5.03 Å². The van der Waals surface area contributed by atoms with Gasteiger partial charge in [0.05, 0.1) is 23.6 Å². The number of hydrogen-bond acceptors (Lipinski definition) is 6. The van der Waals surface area contributed by atoms with E-state index in [1.165, 1.54) is 12.1 Å². The summed E-state index contributed by atoms with van der Waals surface area (Å²) in [5, 5.41) is 14.9. The molecule has 0 aliphatic heterocycles. The molecule has 1 amide bonds. The normalized spacial score (nSPS) is 11.2. The van der Waals surface area contributed by atoms with Crippen molar-refractivity contribution < 1.29 is 13.2 Å². The smallest absolute Gasteiger partial charge is 0.257 e. The Morgan fingerprint density at radius 3 is 2.42 bits per heavy atom. The molecule has 0 aliphatic carbocycles. The van der Waals surface area contributed by atoms with Crippen LogP contribution in [0.25, 0.3) is 5.69 Å². The number of aromatic nitrogens is 4. The largest absolute Gasteiger partial charge is 0.322 e. The molecule has 3 aromatic rings. The minimum atomic E-state index is -3.89. The van der Waals surface area contributed by atoms with Gasteiger partial charge >= 0.3 is 0 Å². The van der Waals surface area contributed by atoms with E-state index in [0.717, 1.165) is 11.9 Å². The van der Waals surface area contributed by atoms with Crippen molar-refractivity contribution in [2.75, 3.05) is 5.32 Å². The summed E-state index contributed by atoms with van der Waals surface area (Å²) in [6.07, 6.45) is 4.42. The van der Waals surface area contributed by atoms with Crippen molar-refractivity contribution in [3.05, 3.63) is 60.6 Å². The molecule has 0 unspecified atom stereocenters. The van der Waals surface area contributed by atoms with Crippen LogP contribution in [0.15, 0.2) is 60.0 Å². The van der Waals surface area contributed by atoms with Crippen molar-refractivity contribution in [1.29, 1.82) is 0 Å². The molecule has 0 radical (unpaired) electrons. The maximum Gasteiger partial charge on any atom is 0.257 e. The van der Waals surface area contributed by atoms with E-state index in [1.807, 2.05) is 0 Å². The second kappa shape index (κ2) is 6.18. The van der Waals surface area contributed by atoms with Crippen molar-refractivity contribution in [3.8, 4) is 5.69 Å². The summed E-state index contributed by atoms with van der Waals surface area (Å²) in [6.45, 7) is 0. The molecule has 0 bridgehead atoms. The number of anilines is 1. The monoisotopic (exact) mass is 344 g/mol. The van der Waals surface area contributed by atoms with Gasteiger partial charge in [0.2, 0.25) is 0 Å². The fourth-order valence-electron chi connectivity index (χ4n) is 1.93. The quantitative estimate of drug-likeness (QED) is 0.710. The molecular formula is C14H12N6O3S. The molecule has 0 spiro atoms. The predicted octanol–water partition coefficient (Wildman–Crippen LogP) is 0.562. The highest BCUT2D eigenvalue weighted by atomic mass is 32.2. The number of nitrogens with two attached hydrogens (primary N) is 1. The average Bonchev–Trinajstić information content (AvgIpc) is 3.09. The van der Waals surface area contributed by atoms with E-state index in [2.05, 4.69) is 20.6 Å². The van der Waals surface area contributed by atoms with Crippen LogP contribution in [-0.2, 0) is 10.0 Å². The third-order valence-corrected chi connectivity index (χ3v) is 3.93. The molecule has 0 saturated heterocycles. The molecule has 0 saturated carbocycles. The standard InChI is InChI=1S/C14H12N6O3S/c15-24(22,23)13-6-1-10(9-16-13)14(21)18-11-2-4-12(5-3-11)20-8-7-17-19-20/h1-9H,(H,18,21)(H2,15,22,23). The molecule has 1 aromatic carbocycles. The third-order valence-electron chi connectivity index (χ3n) is 3.10. The van der Waals surface area contributed by atoms with Crippen molar-refractivity contribution in [2.24, 2.45) is 5.14 Å². The topological polar surface area (TPSA) is 133 Å². The summed E-state index contributed by atoms with van der Waals surface area (Å²) in [5.41, 5.74) is 1.58. The molecule has 10 heteroatoms. The maximum absolute atomic E-state index is 12.1. The number of rotatable bonds is 4. The molecule has 24 heavy (non-hydrogen) atoms. The summed E-state index contributed by atoms with van der Waals surface area (Å²) in [6, 6.07) is 9.48. The fraction of sp³-hybridized carbons (Fsp3) is 0. The van der Waals surface area contributed by atoms with E-state index in [-0.39, 0.29) is 10.6 Å². The van der Waals surface area contributed by atoms with Gasteiger partial charge in [0, 0.05) is 11.9 Å². The minimum Gasteiger partial charge on any atom is -0.322 e. The first-order valence-electron chi connectivity index (χ1n) is 6.70. The first kappa shape index (κ1) is 15.8. The second-order valence-corrected chi connectivity index (χ2v) is 6.29. The van der Waals surface area contributed by atoms with Crippen LogP contribution >= 0.6 is 0 Å². The van der Waals surface area contributed by atoms with E-state index in [0.29, 0.717) is 5.69 Å². The minimum absolute atomic E-state index is 0.211. The number of benzene rings is 1. The Bertz CT molecular complexity index is 951. The van der Waals surface area contributed by atoms with E-state index in [4.69, 9.17) is 5.14 Å². The third kappa shape index (κ3) is 3.45. The van der Waals surface area contributed by atoms with E-state index in [9.17, 15) is 13.2 Å². The van der Waals surface area contributed by atoms with Crippen LogP contribution in [0, 0.1) is 0 Å². The molecule has 2 aromatic heterocycles. The second-order valence-electron chi connectivity index (χ2n) is 4.78. The summed E-state index contributed by atoms with van der Waals surface area (Å²) in [5.74, 6) is -0.419. The molecular weight excluding hydrogens is 332 g/mol. The van der Waals surface area contributed by atoms with E-state index < -0.39 is 15.9 Å². The van der Waals surface area contributed by atoms with Gasteiger partial charge in [-0.1, -0.05) is 5.21 Å². The number of nitrogens with zero attached hydrogens (tertiary/aromatic N) is 4. The van der Waals surface area contributed by atoms with Gasteiger partial charge in [-0.25, -0.2) is 23.2 Å². The Hall–Kier alpha value is -3.11. The Labute approximate surface area is 137 Å². The van der Waals surface area contributed by atoms with Gasteiger partial charge in [-0.2, -0.15) is 0 Å². The highest BCUT2D eigenvalue weighted by Gasteiger charge is 2.12. The zero-order valence-electron chi connectivity index (χ0n) is 12.2. The van der Waals surface area contributed by atoms with Crippen LogP contribution in [0.5, 0.6) is 0 Å². The summed E-state index contributed by atoms with van der Waals surface area (Å²) < 4.78 is 23.9. The van der Waals surface area contributed by atoms with E-state index >= 15 is 0 Å². The van der Waals surface area contributed by atoms with Gasteiger partial charge in [0.1, 0.15) is 0 Å². The molecule has 0 aliphatic rings. The van der Waals surface area contributed by atoms with E-state index in [1.54, 1.807) is 41.3 Å². The molecule has 122 valence electrons. The fourth-order valence-corrected chi connectivity index (χ4v) is 2.39. The summed E-state index contributed by atoms with van der Waals surface area (Å²) in [4.78, 5) is 15.8. The molecule has 3 N–H and O–H groups in total. The SMILES string of the molecule is NS(=O)(=O)c1ccc(C(=O)Nc2ccc(-n3ccnn3)cc2)cn1. The van der Waals surface area contributed by atoms with Crippen molar-refractivity contribution >= 4 is 21.6 Å². The highest BCUT2D eigenvalue weighted by Crippen LogP contribution is 2.14. The predicted molar refractivity (Wildman–Crippen MR) is 84.9 cm³/mol. The van der Waals surface area contributed by atoms with Crippen LogP contribution in [0.3, 0.4) is 0 Å². The van der Waals surface area contributed by atoms with Crippen molar-refractivity contribution in [2.45, 2.75) is 5.03 Å². The molecule has 2 heterocycles. The lowest BCUT2D eigenvalue weighted by molar-refractivity contribution is 0.102. The van der Waals surface area contributed by atoms with Gasteiger partial charge in [-0.05, 0) is 36.4 Å². The molecule has 0 fully saturated rings. The Kier molecular flexibility index (Phi) is 4.06. The number of amides is 1. The van der Waals surface area contributed by atoms with Gasteiger partial charge in [-0.3, -0.25) is 4.79 Å². The molecule has 9 nitrogen and oxygen atoms in total. The van der Waals surface area contributed by atoms with Crippen LogP contribution in [0.1, 0.15) is 10.4 Å². The van der Waals surface area contributed by atoms with Gasteiger partial charge in [-0.15, -0.1) is 5.10 Å². The first-order chi connectivity index (χ1) is 11.4. The lowest BCUT2D eigenvalue weighted by atomic mass is 10.2. The van der Waals surface area contributed by atoms with Crippen molar-refractivity contribution in [1.82, 2.24) is 20.0 Å². The number of primary sulfonamides is 1. The van der Waals surface area contributed by atoms with Gasteiger partial charge in [0.25, 0.3) is 15.9 Å². The van der Waals surface area contributed by atoms with Crippen LogP contribution in [-0.4, -0.2) is 34.3 Å². The maximum atomic E-state index is 12.1. The number of hydrogen-bond donors (Lipinski definition) is 2. The highest BCUT2D eigenvalue weighted by molar-refractivity contribution is 7.89. The summed E-state index contributed by atoms with van der Waals surface area (Å²) in [7, 11) is -3.89. The Morgan fingerprint density at radius 1 is 1.12 bits per heavy atom. The van der Waals surface area contributed by atoms with Crippen LogP contribution in [0.2, 0.25) is 0 Å². The Morgan fingerprint density at radius 2 is 1.88 bits per heavy atom. The lowest BCUT2D eigenvalue weighted by Crippen LogP contribution is -2.16. The molecule has 0 atom stereocenters.